The molecule has 1 heterocycles. The molecule has 0 bridgehead atoms. The highest BCUT2D eigenvalue weighted by atomic mass is 31.2. The molecule has 0 saturated carbocycles. The molecule has 1 rings (SSSR count). The number of aliphatic hydroxyl groups excluding tert-OH is 1. The first-order valence-corrected chi connectivity index (χ1v) is 5.87. The van der Waals surface area contributed by atoms with Gasteiger partial charge in [0.1, 0.15) is 6.10 Å². The van der Waals surface area contributed by atoms with Gasteiger partial charge in [0.2, 0.25) is 0 Å². The Bertz CT molecular complexity index is 245. The zero-order valence-corrected chi connectivity index (χ0v) is 9.42. The molecule has 1 fully saturated rings. The minimum atomic E-state index is -4.00. The molecule has 0 aromatic rings. The molecular formula is C7H15O7P. The molecule has 1 saturated heterocycles. The lowest BCUT2D eigenvalue weighted by Gasteiger charge is -2.17. The van der Waals surface area contributed by atoms with Crippen LogP contribution in [0.1, 0.15) is 6.42 Å². The van der Waals surface area contributed by atoms with E-state index in [0.29, 0.717) is 6.42 Å². The Balaban J connectivity index is 2.41. The van der Waals surface area contributed by atoms with Crippen LogP contribution < -0.4 is 0 Å². The van der Waals surface area contributed by atoms with Gasteiger partial charge in [-0.15, -0.1) is 0 Å². The van der Waals surface area contributed by atoms with Gasteiger partial charge in [0, 0.05) is 20.6 Å². The van der Waals surface area contributed by atoms with Crippen molar-refractivity contribution in [3.63, 3.8) is 0 Å². The number of hydrogen-bond acceptors (Lipinski definition) is 6. The van der Waals surface area contributed by atoms with Crippen LogP contribution >= 0.6 is 7.82 Å². The predicted octanol–water partition coefficient (Wildman–Crippen LogP) is -0.128. The highest BCUT2D eigenvalue weighted by Gasteiger charge is 2.36. The maximum Gasteiger partial charge on any atom is 0.472 e. The lowest BCUT2D eigenvalue weighted by atomic mass is 10.2. The summed E-state index contributed by atoms with van der Waals surface area (Å²) in [4.78, 5) is 8.96. The fourth-order valence-corrected chi connectivity index (χ4v) is 1.75. The Morgan fingerprint density at radius 3 is 2.73 bits per heavy atom. The average molecular weight is 242 g/mol. The van der Waals surface area contributed by atoms with Gasteiger partial charge in [0.05, 0.1) is 12.7 Å². The van der Waals surface area contributed by atoms with E-state index < -0.39 is 20.2 Å². The molecule has 15 heavy (non-hydrogen) atoms. The zero-order valence-electron chi connectivity index (χ0n) is 8.53. The van der Waals surface area contributed by atoms with Crippen molar-refractivity contribution < 1.29 is 33.1 Å². The van der Waals surface area contributed by atoms with Crippen molar-refractivity contribution in [1.82, 2.24) is 0 Å². The van der Waals surface area contributed by atoms with E-state index >= 15 is 0 Å². The molecule has 1 aliphatic heterocycles. The fraction of sp³-hybridized carbons (Fsp3) is 1.00. The van der Waals surface area contributed by atoms with E-state index in [4.69, 9.17) is 19.5 Å². The summed E-state index contributed by atoms with van der Waals surface area (Å²) in [6.45, 7) is -0.169. The summed E-state index contributed by atoms with van der Waals surface area (Å²) >= 11 is 0. The van der Waals surface area contributed by atoms with Crippen LogP contribution in [0.5, 0.6) is 0 Å². The van der Waals surface area contributed by atoms with E-state index in [1.807, 2.05) is 0 Å². The molecule has 1 aliphatic rings. The van der Waals surface area contributed by atoms with E-state index in [9.17, 15) is 4.57 Å². The lowest BCUT2D eigenvalue weighted by Crippen LogP contribution is -2.27. The fourth-order valence-electron chi connectivity index (χ4n) is 1.31. The Labute approximate surface area is 87.5 Å². The highest BCUT2D eigenvalue weighted by molar-refractivity contribution is 7.47. The average Bonchev–Trinajstić information content (AvgIpc) is 2.56. The molecule has 4 atom stereocenters. The summed E-state index contributed by atoms with van der Waals surface area (Å²) in [5, 5.41) is 9.17. The minimum absolute atomic E-state index is 0.169. The van der Waals surface area contributed by atoms with Crippen LogP contribution in [0, 0.1) is 0 Å². The summed E-state index contributed by atoms with van der Waals surface area (Å²) < 4.78 is 29.8. The maximum absolute atomic E-state index is 11.0. The van der Waals surface area contributed by atoms with Crippen molar-refractivity contribution in [3.05, 3.63) is 0 Å². The first kappa shape index (κ1) is 13.1. The molecule has 0 aromatic carbocycles. The van der Waals surface area contributed by atoms with E-state index in [1.54, 1.807) is 0 Å². The van der Waals surface area contributed by atoms with Crippen molar-refractivity contribution in [2.75, 3.05) is 20.8 Å². The zero-order chi connectivity index (χ0) is 11.5. The highest BCUT2D eigenvalue weighted by Crippen LogP contribution is 2.42. The maximum atomic E-state index is 11.0. The Morgan fingerprint density at radius 2 is 2.20 bits per heavy atom. The third-order valence-corrected chi connectivity index (χ3v) is 3.05. The first-order valence-electron chi connectivity index (χ1n) is 4.38. The molecule has 0 aromatic heterocycles. The van der Waals surface area contributed by atoms with Crippen molar-refractivity contribution in [1.29, 1.82) is 0 Å². The second-order valence-electron chi connectivity index (χ2n) is 3.09. The summed E-state index contributed by atoms with van der Waals surface area (Å²) in [6.07, 6.45) is -1.53. The third-order valence-electron chi connectivity index (χ3n) is 2.12. The van der Waals surface area contributed by atoms with Crippen LogP contribution in [0.25, 0.3) is 0 Å². The first-order chi connectivity index (χ1) is 6.98. The quantitative estimate of drug-likeness (QED) is 0.648. The monoisotopic (exact) mass is 242 g/mol. The number of aliphatic hydroxyl groups is 1. The SMILES string of the molecule is COC1C[C@H](O)O[C@@H]1COP(=O)(O)OC. The normalized spacial score (nSPS) is 35.3. The van der Waals surface area contributed by atoms with E-state index in [1.165, 1.54) is 7.11 Å². The standard InChI is InChI=1S/C7H15O7P/c1-11-5-3-7(8)14-6(5)4-13-15(9,10)12-2/h5-8H,3-4H2,1-2H3,(H,9,10)/t5?,6-,7-/m1/s1. The summed E-state index contributed by atoms with van der Waals surface area (Å²) in [6, 6.07) is 0. The smallest absolute Gasteiger partial charge is 0.378 e. The van der Waals surface area contributed by atoms with Crippen molar-refractivity contribution >= 4 is 7.82 Å². The molecule has 2 unspecified atom stereocenters. The van der Waals surface area contributed by atoms with Crippen LogP contribution in [-0.4, -0.2) is 49.3 Å². The van der Waals surface area contributed by atoms with Gasteiger partial charge in [0.25, 0.3) is 0 Å². The van der Waals surface area contributed by atoms with Gasteiger partial charge in [-0.25, -0.2) is 4.57 Å². The summed E-state index contributed by atoms with van der Waals surface area (Å²) in [7, 11) is -1.47. The minimum Gasteiger partial charge on any atom is -0.378 e. The van der Waals surface area contributed by atoms with Crippen molar-refractivity contribution in [2.24, 2.45) is 0 Å². The van der Waals surface area contributed by atoms with Gasteiger partial charge < -0.3 is 19.5 Å². The molecule has 0 aliphatic carbocycles. The molecular weight excluding hydrogens is 227 g/mol. The van der Waals surface area contributed by atoms with Crippen molar-refractivity contribution in [3.8, 4) is 0 Å². The van der Waals surface area contributed by atoms with Gasteiger partial charge >= 0.3 is 7.82 Å². The van der Waals surface area contributed by atoms with Crippen LogP contribution in [0.15, 0.2) is 0 Å². The van der Waals surface area contributed by atoms with Gasteiger partial charge in [-0.2, -0.15) is 0 Å². The molecule has 2 N–H and O–H groups in total. The predicted molar refractivity (Wildman–Crippen MR) is 49.1 cm³/mol. The Kier molecular flexibility index (Phi) is 4.66. The van der Waals surface area contributed by atoms with Crippen LogP contribution in [0.3, 0.4) is 0 Å². The van der Waals surface area contributed by atoms with Gasteiger partial charge in [0.15, 0.2) is 6.29 Å². The molecule has 7 nitrogen and oxygen atoms in total. The van der Waals surface area contributed by atoms with Gasteiger partial charge in [-0.1, -0.05) is 0 Å². The number of hydrogen-bond donors (Lipinski definition) is 2. The van der Waals surface area contributed by atoms with Gasteiger partial charge in [-0.05, 0) is 0 Å². The second-order valence-corrected chi connectivity index (χ2v) is 4.65. The number of phosphoric acid groups is 1. The Hall–Kier alpha value is -0.0100. The molecule has 0 spiro atoms. The Morgan fingerprint density at radius 1 is 1.53 bits per heavy atom. The topological polar surface area (TPSA) is 94.5 Å². The lowest BCUT2D eigenvalue weighted by molar-refractivity contribution is -0.108. The van der Waals surface area contributed by atoms with E-state index in [2.05, 4.69) is 9.05 Å². The number of phosphoric ester groups is 1. The molecule has 0 amide bonds. The number of rotatable bonds is 5. The number of ether oxygens (including phenoxy) is 2. The van der Waals surface area contributed by atoms with Crippen molar-refractivity contribution in [2.45, 2.75) is 24.9 Å². The second kappa shape index (κ2) is 5.36. The molecule has 90 valence electrons. The van der Waals surface area contributed by atoms with E-state index in [-0.39, 0.29) is 12.7 Å². The third kappa shape index (κ3) is 3.81. The number of methoxy groups -OCH3 is 1. The summed E-state index contributed by atoms with van der Waals surface area (Å²) in [5.74, 6) is 0. The van der Waals surface area contributed by atoms with Crippen LogP contribution in [0.2, 0.25) is 0 Å². The molecule has 8 heteroatoms. The van der Waals surface area contributed by atoms with Crippen LogP contribution in [-0.2, 0) is 23.1 Å². The van der Waals surface area contributed by atoms with Gasteiger partial charge in [-0.3, -0.25) is 9.05 Å². The van der Waals surface area contributed by atoms with Crippen LogP contribution in [0.4, 0.5) is 0 Å². The van der Waals surface area contributed by atoms with E-state index in [0.717, 1.165) is 7.11 Å². The largest absolute Gasteiger partial charge is 0.472 e. The summed E-state index contributed by atoms with van der Waals surface area (Å²) in [5.41, 5.74) is 0. The molecule has 0 radical (unpaired) electrons.